The molecule has 17 heavy (non-hydrogen) atoms. The van der Waals surface area contributed by atoms with Crippen molar-refractivity contribution in [3.63, 3.8) is 0 Å². The fourth-order valence-corrected chi connectivity index (χ4v) is 2.09. The van der Waals surface area contributed by atoms with Crippen LogP contribution in [0, 0.1) is 5.41 Å². The predicted octanol–water partition coefficient (Wildman–Crippen LogP) is 1.86. The van der Waals surface area contributed by atoms with Crippen LogP contribution in [0.15, 0.2) is 0 Å². The molecule has 0 radical (unpaired) electrons. The third kappa shape index (κ3) is 6.64. The SMILES string of the molecule is CC(C)(C)CC(N)CC(=O)OCC1CCCO1. The first-order valence-electron chi connectivity index (χ1n) is 6.39. The maximum absolute atomic E-state index is 11.5. The number of hydrogen-bond acceptors (Lipinski definition) is 4. The Morgan fingerprint density at radius 1 is 1.53 bits per heavy atom. The lowest BCUT2D eigenvalue weighted by Crippen LogP contribution is -2.30. The lowest BCUT2D eigenvalue weighted by atomic mass is 9.87. The van der Waals surface area contributed by atoms with Gasteiger partial charge in [-0.05, 0) is 24.7 Å². The van der Waals surface area contributed by atoms with Crippen molar-refractivity contribution in [2.24, 2.45) is 11.1 Å². The van der Waals surface area contributed by atoms with E-state index >= 15 is 0 Å². The molecule has 0 aromatic heterocycles. The van der Waals surface area contributed by atoms with Gasteiger partial charge in [0.2, 0.25) is 0 Å². The van der Waals surface area contributed by atoms with Crippen LogP contribution in [-0.2, 0) is 14.3 Å². The normalized spacial score (nSPS) is 22.5. The van der Waals surface area contributed by atoms with Gasteiger partial charge in [-0.3, -0.25) is 4.79 Å². The number of rotatable bonds is 5. The first-order chi connectivity index (χ1) is 7.87. The van der Waals surface area contributed by atoms with Crippen molar-refractivity contribution in [1.29, 1.82) is 0 Å². The molecule has 4 heteroatoms. The standard InChI is InChI=1S/C13H25NO3/c1-13(2,3)8-10(14)7-12(15)17-9-11-5-4-6-16-11/h10-11H,4-9,14H2,1-3H3. The van der Waals surface area contributed by atoms with E-state index in [1.807, 2.05) is 0 Å². The minimum Gasteiger partial charge on any atom is -0.463 e. The Morgan fingerprint density at radius 3 is 2.76 bits per heavy atom. The third-order valence-electron chi connectivity index (χ3n) is 2.76. The van der Waals surface area contributed by atoms with Gasteiger partial charge in [0.15, 0.2) is 0 Å². The van der Waals surface area contributed by atoms with Gasteiger partial charge < -0.3 is 15.2 Å². The largest absolute Gasteiger partial charge is 0.463 e. The molecule has 1 aliphatic heterocycles. The van der Waals surface area contributed by atoms with E-state index in [-0.39, 0.29) is 23.5 Å². The Kier molecular flexibility index (Phi) is 5.40. The molecule has 2 atom stereocenters. The summed E-state index contributed by atoms with van der Waals surface area (Å²) in [6.45, 7) is 7.51. The maximum atomic E-state index is 11.5. The van der Waals surface area contributed by atoms with Crippen molar-refractivity contribution in [2.45, 2.75) is 58.6 Å². The Bertz CT molecular complexity index is 242. The fraction of sp³-hybridized carbons (Fsp3) is 0.923. The van der Waals surface area contributed by atoms with E-state index in [2.05, 4.69) is 20.8 Å². The second kappa shape index (κ2) is 6.36. The monoisotopic (exact) mass is 243 g/mol. The van der Waals surface area contributed by atoms with Crippen LogP contribution in [0.3, 0.4) is 0 Å². The summed E-state index contributed by atoms with van der Waals surface area (Å²) in [5, 5.41) is 0. The van der Waals surface area contributed by atoms with Gasteiger partial charge in [0.05, 0.1) is 12.5 Å². The smallest absolute Gasteiger partial charge is 0.307 e. The van der Waals surface area contributed by atoms with Gasteiger partial charge >= 0.3 is 5.97 Å². The van der Waals surface area contributed by atoms with Gasteiger partial charge in [0.25, 0.3) is 0 Å². The van der Waals surface area contributed by atoms with Gasteiger partial charge in [-0.1, -0.05) is 20.8 Å². The molecule has 1 saturated heterocycles. The summed E-state index contributed by atoms with van der Waals surface area (Å²) in [6.07, 6.45) is 3.26. The number of nitrogens with two attached hydrogens (primary N) is 1. The average Bonchev–Trinajstić information content (AvgIpc) is 2.63. The molecule has 2 unspecified atom stereocenters. The zero-order chi connectivity index (χ0) is 12.9. The Balaban J connectivity index is 2.15. The van der Waals surface area contributed by atoms with Gasteiger partial charge in [-0.15, -0.1) is 0 Å². The molecule has 100 valence electrons. The number of carbonyl (C=O) groups is 1. The topological polar surface area (TPSA) is 61.6 Å². The summed E-state index contributed by atoms with van der Waals surface area (Å²) in [4.78, 5) is 11.5. The van der Waals surface area contributed by atoms with Crippen LogP contribution < -0.4 is 5.73 Å². The maximum Gasteiger partial charge on any atom is 0.307 e. The number of carbonyl (C=O) groups excluding carboxylic acids is 1. The van der Waals surface area contributed by atoms with E-state index in [0.29, 0.717) is 13.0 Å². The predicted molar refractivity (Wildman–Crippen MR) is 66.6 cm³/mol. The van der Waals surface area contributed by atoms with E-state index in [1.54, 1.807) is 0 Å². The van der Waals surface area contributed by atoms with Crippen molar-refractivity contribution < 1.29 is 14.3 Å². The molecule has 0 aliphatic carbocycles. The van der Waals surface area contributed by atoms with Crippen molar-refractivity contribution >= 4 is 5.97 Å². The molecule has 0 aromatic rings. The summed E-state index contributed by atoms with van der Waals surface area (Å²) >= 11 is 0. The minimum absolute atomic E-state index is 0.0952. The average molecular weight is 243 g/mol. The molecular weight excluding hydrogens is 218 g/mol. The Labute approximate surface area is 104 Å². The van der Waals surface area contributed by atoms with Crippen LogP contribution in [0.4, 0.5) is 0 Å². The van der Waals surface area contributed by atoms with Gasteiger partial charge in [-0.2, -0.15) is 0 Å². The third-order valence-corrected chi connectivity index (χ3v) is 2.76. The van der Waals surface area contributed by atoms with Gasteiger partial charge in [0, 0.05) is 12.6 Å². The molecule has 0 amide bonds. The Hall–Kier alpha value is -0.610. The van der Waals surface area contributed by atoms with E-state index in [0.717, 1.165) is 25.9 Å². The van der Waals surface area contributed by atoms with E-state index < -0.39 is 0 Å². The molecule has 4 nitrogen and oxygen atoms in total. The number of hydrogen-bond donors (Lipinski definition) is 1. The van der Waals surface area contributed by atoms with Crippen molar-refractivity contribution in [1.82, 2.24) is 0 Å². The summed E-state index contributed by atoms with van der Waals surface area (Å²) in [5.74, 6) is -0.211. The first kappa shape index (κ1) is 14.5. The molecule has 1 fully saturated rings. The van der Waals surface area contributed by atoms with Gasteiger partial charge in [-0.25, -0.2) is 0 Å². The molecule has 2 N–H and O–H groups in total. The summed E-state index contributed by atoms with van der Waals surface area (Å²) in [5.41, 5.74) is 6.06. The van der Waals surface area contributed by atoms with Gasteiger partial charge in [0.1, 0.15) is 6.61 Å². The van der Waals surface area contributed by atoms with Crippen LogP contribution >= 0.6 is 0 Å². The summed E-state index contributed by atoms with van der Waals surface area (Å²) in [6, 6.07) is -0.119. The molecule has 1 rings (SSSR count). The van der Waals surface area contributed by atoms with Crippen molar-refractivity contribution in [2.75, 3.05) is 13.2 Å². The fourth-order valence-electron chi connectivity index (χ4n) is 2.09. The molecular formula is C13H25NO3. The number of esters is 1. The lowest BCUT2D eigenvalue weighted by Gasteiger charge is -2.22. The molecule has 1 aliphatic rings. The van der Waals surface area contributed by atoms with Crippen LogP contribution in [-0.4, -0.2) is 31.3 Å². The van der Waals surface area contributed by atoms with Crippen molar-refractivity contribution in [3.8, 4) is 0 Å². The van der Waals surface area contributed by atoms with E-state index in [1.165, 1.54) is 0 Å². The number of ether oxygens (including phenoxy) is 2. The first-order valence-corrected chi connectivity index (χ1v) is 6.39. The van der Waals surface area contributed by atoms with Crippen LogP contribution in [0.1, 0.15) is 46.5 Å². The van der Waals surface area contributed by atoms with Crippen LogP contribution in [0.5, 0.6) is 0 Å². The highest BCUT2D eigenvalue weighted by Crippen LogP contribution is 2.21. The van der Waals surface area contributed by atoms with E-state index in [9.17, 15) is 4.79 Å². The Morgan fingerprint density at radius 2 is 2.24 bits per heavy atom. The minimum atomic E-state index is -0.211. The summed E-state index contributed by atoms with van der Waals surface area (Å²) in [7, 11) is 0. The highest BCUT2D eigenvalue weighted by atomic mass is 16.6. The van der Waals surface area contributed by atoms with Crippen molar-refractivity contribution in [3.05, 3.63) is 0 Å². The zero-order valence-electron chi connectivity index (χ0n) is 11.2. The lowest BCUT2D eigenvalue weighted by molar-refractivity contribution is -0.147. The zero-order valence-corrected chi connectivity index (χ0v) is 11.2. The molecule has 0 aromatic carbocycles. The second-order valence-corrected chi connectivity index (χ2v) is 6.05. The highest BCUT2D eigenvalue weighted by Gasteiger charge is 2.21. The quantitative estimate of drug-likeness (QED) is 0.749. The second-order valence-electron chi connectivity index (χ2n) is 6.05. The van der Waals surface area contributed by atoms with Crippen LogP contribution in [0.2, 0.25) is 0 Å². The molecule has 0 saturated carbocycles. The van der Waals surface area contributed by atoms with Crippen LogP contribution in [0.25, 0.3) is 0 Å². The molecule has 0 bridgehead atoms. The highest BCUT2D eigenvalue weighted by molar-refractivity contribution is 5.70. The summed E-state index contributed by atoms with van der Waals surface area (Å²) < 4.78 is 10.5. The molecule has 1 heterocycles. The molecule has 0 spiro atoms. The van der Waals surface area contributed by atoms with E-state index in [4.69, 9.17) is 15.2 Å².